The van der Waals surface area contributed by atoms with Gasteiger partial charge in [0.05, 0.1) is 6.61 Å². The van der Waals surface area contributed by atoms with E-state index in [1.807, 2.05) is 0 Å². The van der Waals surface area contributed by atoms with Crippen molar-refractivity contribution < 1.29 is 5.11 Å². The second-order valence-electron chi connectivity index (χ2n) is 10.3. The molecule has 5 aromatic rings. The molecular weight excluding hydrogens is 519 g/mol. The van der Waals surface area contributed by atoms with E-state index >= 15 is 0 Å². The van der Waals surface area contributed by atoms with E-state index in [0.717, 1.165) is 30.5 Å². The molecule has 1 heterocycles. The summed E-state index contributed by atoms with van der Waals surface area (Å²) < 4.78 is 2.93. The number of aliphatic hydroxyl groups is 1. The number of hydrogen-bond acceptors (Lipinski definition) is 2. The Morgan fingerprint density at radius 1 is 0.600 bits per heavy atom. The topological polar surface area (TPSA) is 23.5 Å². The van der Waals surface area contributed by atoms with Crippen molar-refractivity contribution in [2.24, 2.45) is 0 Å². The zero-order valence-corrected chi connectivity index (χ0v) is 24.7. The molecule has 6 rings (SSSR count). The Labute approximate surface area is 240 Å². The van der Waals surface area contributed by atoms with Crippen LogP contribution in [-0.4, -0.2) is 39.7 Å². The quantitative estimate of drug-likeness (QED) is 0.298. The van der Waals surface area contributed by atoms with Crippen molar-refractivity contribution in [2.75, 3.05) is 13.2 Å². The highest BCUT2D eigenvalue weighted by atomic mass is 28.4. The molecule has 1 fully saturated rings. The van der Waals surface area contributed by atoms with E-state index in [9.17, 15) is 5.11 Å². The third kappa shape index (κ3) is 4.84. The summed E-state index contributed by atoms with van der Waals surface area (Å²) >= 11 is 0. The van der Waals surface area contributed by atoms with Crippen LogP contribution in [0.4, 0.5) is 0 Å². The van der Waals surface area contributed by atoms with Gasteiger partial charge in [0.25, 0.3) is 0 Å². The molecule has 1 aliphatic heterocycles. The van der Waals surface area contributed by atoms with Gasteiger partial charge in [-0.05, 0) is 51.3 Å². The molecule has 2 nitrogen and oxygen atoms in total. The van der Waals surface area contributed by atoms with Crippen molar-refractivity contribution in [1.29, 1.82) is 0 Å². The summed E-state index contributed by atoms with van der Waals surface area (Å²) in [6, 6.07) is 55.2. The first-order chi connectivity index (χ1) is 19.8. The fourth-order valence-corrected chi connectivity index (χ4v) is 17.1. The van der Waals surface area contributed by atoms with Crippen molar-refractivity contribution >= 4 is 43.5 Å². The smallest absolute Gasteiger partial charge is 0.215 e. The molecule has 1 aliphatic rings. The highest BCUT2D eigenvalue weighted by molar-refractivity contribution is 7.12. The maximum absolute atomic E-state index is 11.1. The average molecular weight is 553 g/mol. The van der Waals surface area contributed by atoms with Gasteiger partial charge in [0.15, 0.2) is 0 Å². The Morgan fingerprint density at radius 2 is 1.02 bits per heavy atom. The van der Waals surface area contributed by atoms with Crippen molar-refractivity contribution in [3.63, 3.8) is 0 Å². The number of benzene rings is 5. The minimum Gasteiger partial charge on any atom is -0.392 e. The van der Waals surface area contributed by atoms with Crippen molar-refractivity contribution in [3.05, 3.63) is 162 Å². The third-order valence-corrected chi connectivity index (χ3v) is 17.0. The minimum absolute atomic E-state index is 0.0281. The predicted octanol–water partition coefficient (Wildman–Crippen LogP) is 4.63. The fourth-order valence-electron chi connectivity index (χ4n) is 6.43. The summed E-state index contributed by atoms with van der Waals surface area (Å²) in [5, 5.41) is 18.1. The second-order valence-corrected chi connectivity index (χ2v) is 16.8. The van der Waals surface area contributed by atoms with Crippen LogP contribution in [0.25, 0.3) is 5.57 Å². The number of aliphatic hydroxyl groups excluding tert-OH is 1. The third-order valence-electron chi connectivity index (χ3n) is 8.04. The average Bonchev–Trinajstić information content (AvgIpc) is 3.04. The summed E-state index contributed by atoms with van der Waals surface area (Å²) in [5.74, 6) is 0. The van der Waals surface area contributed by atoms with Gasteiger partial charge in [0.2, 0.25) is 17.2 Å². The molecule has 0 aromatic heterocycles. The molecule has 0 atom stereocenters. The largest absolute Gasteiger partial charge is 0.392 e. The van der Waals surface area contributed by atoms with Gasteiger partial charge in [-0.25, -0.2) is 0 Å². The molecule has 0 bridgehead atoms. The lowest BCUT2D eigenvalue weighted by molar-refractivity contribution is 0.349. The van der Waals surface area contributed by atoms with Crippen LogP contribution >= 0.6 is 0 Å². The van der Waals surface area contributed by atoms with Gasteiger partial charge in [0.1, 0.15) is 0 Å². The highest BCUT2D eigenvalue weighted by Gasteiger charge is 2.53. The maximum Gasteiger partial charge on any atom is 0.215 e. The van der Waals surface area contributed by atoms with Crippen LogP contribution in [-0.2, 0) is 0 Å². The molecule has 0 amide bonds. The van der Waals surface area contributed by atoms with Crippen LogP contribution in [0.2, 0.25) is 0 Å². The Hall–Kier alpha value is -3.81. The molecule has 40 heavy (non-hydrogen) atoms. The van der Waals surface area contributed by atoms with Crippen LogP contribution in [0.3, 0.4) is 0 Å². The van der Waals surface area contributed by atoms with Crippen LogP contribution in [0.15, 0.2) is 157 Å². The fraction of sp³-hybridized carbons (Fsp3) is 0.111. The minimum atomic E-state index is -2.79. The van der Waals surface area contributed by atoms with E-state index < -0.39 is 17.2 Å². The van der Waals surface area contributed by atoms with Crippen LogP contribution in [0.5, 0.6) is 0 Å². The lowest BCUT2D eigenvalue weighted by atomic mass is 10.0. The van der Waals surface area contributed by atoms with Gasteiger partial charge in [-0.1, -0.05) is 157 Å². The lowest BCUT2D eigenvalue weighted by Crippen LogP contribution is -2.79. The molecule has 0 aliphatic carbocycles. The van der Waals surface area contributed by atoms with Gasteiger partial charge in [-0.2, -0.15) is 0 Å². The summed E-state index contributed by atoms with van der Waals surface area (Å²) in [6.07, 6.45) is 2.05. The Bertz CT molecular complexity index is 1460. The highest BCUT2D eigenvalue weighted by Crippen LogP contribution is 2.36. The van der Waals surface area contributed by atoms with Crippen LogP contribution in [0.1, 0.15) is 18.4 Å². The first-order valence-corrected chi connectivity index (χ1v) is 17.5. The van der Waals surface area contributed by atoms with E-state index in [4.69, 9.17) is 0 Å². The zero-order valence-electron chi connectivity index (χ0n) is 22.7. The molecule has 1 N–H and O–H groups in total. The van der Waals surface area contributed by atoms with Crippen molar-refractivity contribution in [2.45, 2.75) is 12.8 Å². The van der Waals surface area contributed by atoms with Gasteiger partial charge < -0.3 is 9.34 Å². The maximum atomic E-state index is 11.1. The van der Waals surface area contributed by atoms with Gasteiger partial charge in [-0.15, -0.1) is 0 Å². The predicted molar refractivity (Wildman–Crippen MR) is 172 cm³/mol. The van der Waals surface area contributed by atoms with Crippen LogP contribution in [0, 0.1) is 0 Å². The van der Waals surface area contributed by atoms with E-state index in [-0.39, 0.29) is 6.61 Å². The molecule has 0 saturated carbocycles. The summed E-state index contributed by atoms with van der Waals surface area (Å²) in [5.41, 5.74) is 2.21. The molecular formula is C36H34NOSi2. The number of nitrogens with zero attached hydrogens (tertiary/aromatic N) is 1. The molecule has 197 valence electrons. The lowest BCUT2D eigenvalue weighted by Gasteiger charge is -2.52. The molecule has 1 radical (unpaired) electrons. The monoisotopic (exact) mass is 552 g/mol. The van der Waals surface area contributed by atoms with E-state index in [2.05, 4.69) is 156 Å². The van der Waals surface area contributed by atoms with Gasteiger partial charge in [0, 0.05) is 0 Å². The Balaban J connectivity index is 1.73. The second kappa shape index (κ2) is 12.2. The SMILES string of the molecule is OC/C(=C1/CCCN([Si](c2ccccc2)c2ccccc2)[Si]1(c1ccccc1)c1ccccc1)c1ccccc1. The molecule has 5 aromatic carbocycles. The van der Waals surface area contributed by atoms with Gasteiger partial charge >= 0.3 is 0 Å². The molecule has 0 unspecified atom stereocenters. The number of rotatable bonds is 7. The van der Waals surface area contributed by atoms with Crippen molar-refractivity contribution in [1.82, 2.24) is 4.23 Å². The summed E-state index contributed by atoms with van der Waals surface area (Å²) in [7, 11) is -4.17. The zero-order chi connectivity index (χ0) is 27.2. The van der Waals surface area contributed by atoms with E-state index in [0.29, 0.717) is 0 Å². The standard InChI is InChI=1S/C36H34NOSi2/c38-29-35(30-17-6-1-7-18-30)36-27-16-28-37(39(31-19-8-2-9-20-31)32-21-10-3-11-22-32)40(36,33-23-12-4-13-24-33)34-25-14-5-15-26-34/h1-15,17-26,38H,16,27-29H2/b36-35+. The van der Waals surface area contributed by atoms with Gasteiger partial charge in [-0.3, -0.25) is 0 Å². The summed E-state index contributed by atoms with van der Waals surface area (Å²) in [4.78, 5) is 0. The molecule has 1 saturated heterocycles. The first kappa shape index (κ1) is 26.4. The molecule has 0 spiro atoms. The Kier molecular flexibility index (Phi) is 8.03. The number of allylic oxidation sites excluding steroid dienone is 1. The number of hydrogen-bond donors (Lipinski definition) is 1. The normalized spacial score (nSPS) is 16.6. The van der Waals surface area contributed by atoms with Crippen LogP contribution < -0.4 is 20.7 Å². The van der Waals surface area contributed by atoms with E-state index in [1.165, 1.54) is 25.9 Å². The first-order valence-electron chi connectivity index (χ1n) is 14.1. The molecule has 4 heteroatoms. The summed E-state index contributed by atoms with van der Waals surface area (Å²) in [6.45, 7) is 1.05. The van der Waals surface area contributed by atoms with Crippen molar-refractivity contribution in [3.8, 4) is 0 Å². The van der Waals surface area contributed by atoms with E-state index in [1.54, 1.807) is 0 Å². The Morgan fingerprint density at radius 3 is 1.48 bits per heavy atom.